The van der Waals surface area contributed by atoms with Crippen LogP contribution in [-0.4, -0.2) is 20.3 Å². The fourth-order valence-electron chi connectivity index (χ4n) is 4.15. The highest BCUT2D eigenvalue weighted by atomic mass is 16.5. The fraction of sp³-hybridized carbons (Fsp3) is 0.462. The number of methoxy groups -OCH3 is 1. The SMILES string of the molecule is CC=CC1CCC(c2ccc(-c3ccc(OCCCCOC)cc3)cc2)CC1. The van der Waals surface area contributed by atoms with E-state index in [0.717, 1.165) is 43.6 Å². The van der Waals surface area contributed by atoms with Crippen LogP contribution in [0.2, 0.25) is 0 Å². The van der Waals surface area contributed by atoms with E-state index >= 15 is 0 Å². The Kier molecular flexibility index (Phi) is 8.17. The van der Waals surface area contributed by atoms with Crippen molar-refractivity contribution in [2.45, 2.75) is 51.4 Å². The normalized spacial score (nSPS) is 19.8. The number of hydrogen-bond acceptors (Lipinski definition) is 2. The predicted molar refractivity (Wildman–Crippen MR) is 118 cm³/mol. The molecule has 2 aromatic rings. The first-order chi connectivity index (χ1) is 13.8. The van der Waals surface area contributed by atoms with Crippen molar-refractivity contribution in [3.63, 3.8) is 0 Å². The van der Waals surface area contributed by atoms with Crippen LogP contribution < -0.4 is 4.74 Å². The zero-order valence-corrected chi connectivity index (χ0v) is 17.4. The van der Waals surface area contributed by atoms with E-state index in [1.165, 1.54) is 42.4 Å². The molecule has 2 heteroatoms. The third-order valence-corrected chi connectivity index (χ3v) is 5.82. The molecule has 28 heavy (non-hydrogen) atoms. The molecule has 1 aliphatic carbocycles. The average molecular weight is 379 g/mol. The molecule has 0 aliphatic heterocycles. The van der Waals surface area contributed by atoms with Gasteiger partial charge >= 0.3 is 0 Å². The van der Waals surface area contributed by atoms with Crippen LogP contribution in [0.4, 0.5) is 0 Å². The summed E-state index contributed by atoms with van der Waals surface area (Å²) in [7, 11) is 1.74. The van der Waals surface area contributed by atoms with Gasteiger partial charge in [-0.2, -0.15) is 0 Å². The molecule has 0 amide bonds. The summed E-state index contributed by atoms with van der Waals surface area (Å²) < 4.78 is 10.9. The number of allylic oxidation sites excluding steroid dienone is 2. The molecule has 0 saturated heterocycles. The molecule has 0 radical (unpaired) electrons. The summed E-state index contributed by atoms with van der Waals surface area (Å²) in [6.45, 7) is 3.68. The minimum absolute atomic E-state index is 0.726. The number of rotatable bonds is 9. The Morgan fingerprint density at radius 3 is 2.04 bits per heavy atom. The van der Waals surface area contributed by atoms with Gasteiger partial charge in [-0.05, 0) is 86.1 Å². The highest BCUT2D eigenvalue weighted by Gasteiger charge is 2.20. The monoisotopic (exact) mass is 378 g/mol. The molecule has 2 aromatic carbocycles. The maximum atomic E-state index is 5.81. The lowest BCUT2D eigenvalue weighted by Gasteiger charge is -2.27. The summed E-state index contributed by atoms with van der Waals surface area (Å²) in [4.78, 5) is 0. The van der Waals surface area contributed by atoms with E-state index in [2.05, 4.69) is 67.6 Å². The number of hydrogen-bond donors (Lipinski definition) is 0. The Hall–Kier alpha value is -2.06. The minimum Gasteiger partial charge on any atom is -0.494 e. The number of unbranched alkanes of at least 4 members (excludes halogenated alkanes) is 1. The van der Waals surface area contributed by atoms with Crippen molar-refractivity contribution < 1.29 is 9.47 Å². The summed E-state index contributed by atoms with van der Waals surface area (Å²) in [6, 6.07) is 17.7. The van der Waals surface area contributed by atoms with E-state index in [0.29, 0.717) is 0 Å². The van der Waals surface area contributed by atoms with E-state index in [4.69, 9.17) is 9.47 Å². The molecule has 150 valence electrons. The van der Waals surface area contributed by atoms with Crippen molar-refractivity contribution in [1.29, 1.82) is 0 Å². The lowest BCUT2D eigenvalue weighted by Crippen LogP contribution is -2.11. The van der Waals surface area contributed by atoms with Crippen LogP contribution in [-0.2, 0) is 4.74 Å². The van der Waals surface area contributed by atoms with Gasteiger partial charge in [0.05, 0.1) is 6.61 Å². The number of ether oxygens (including phenoxy) is 2. The Labute approximate surface area is 170 Å². The lowest BCUT2D eigenvalue weighted by atomic mass is 9.78. The molecule has 0 aromatic heterocycles. The van der Waals surface area contributed by atoms with Gasteiger partial charge in [0.25, 0.3) is 0 Å². The van der Waals surface area contributed by atoms with Crippen LogP contribution in [0.25, 0.3) is 11.1 Å². The minimum atomic E-state index is 0.726. The van der Waals surface area contributed by atoms with Gasteiger partial charge in [0.1, 0.15) is 5.75 Å². The zero-order chi connectivity index (χ0) is 19.6. The van der Waals surface area contributed by atoms with E-state index in [9.17, 15) is 0 Å². The van der Waals surface area contributed by atoms with Gasteiger partial charge < -0.3 is 9.47 Å². The van der Waals surface area contributed by atoms with Crippen molar-refractivity contribution >= 4 is 0 Å². The molecular formula is C26H34O2. The maximum Gasteiger partial charge on any atom is 0.119 e. The standard InChI is InChI=1S/C26H34O2/c1-3-6-21-7-9-22(10-8-21)23-11-13-24(14-12-23)25-15-17-26(18-16-25)28-20-5-4-19-27-2/h3,6,11-18,21-22H,4-5,7-10,19-20H2,1-2H3. The van der Waals surface area contributed by atoms with Crippen LogP contribution in [0.15, 0.2) is 60.7 Å². The number of benzene rings is 2. The fourth-order valence-corrected chi connectivity index (χ4v) is 4.15. The van der Waals surface area contributed by atoms with Crippen molar-refractivity contribution in [2.24, 2.45) is 5.92 Å². The maximum absolute atomic E-state index is 5.81. The van der Waals surface area contributed by atoms with Gasteiger partial charge in [-0.15, -0.1) is 0 Å². The van der Waals surface area contributed by atoms with Crippen molar-refractivity contribution in [3.05, 3.63) is 66.2 Å². The van der Waals surface area contributed by atoms with Crippen molar-refractivity contribution in [1.82, 2.24) is 0 Å². The molecule has 1 fully saturated rings. The van der Waals surface area contributed by atoms with Gasteiger partial charge in [0, 0.05) is 13.7 Å². The molecular weight excluding hydrogens is 344 g/mol. The largest absolute Gasteiger partial charge is 0.494 e. The van der Waals surface area contributed by atoms with Crippen LogP contribution in [0, 0.1) is 5.92 Å². The van der Waals surface area contributed by atoms with Gasteiger partial charge in [-0.1, -0.05) is 48.6 Å². The first-order valence-electron chi connectivity index (χ1n) is 10.7. The Balaban J connectivity index is 1.52. The van der Waals surface area contributed by atoms with E-state index in [-0.39, 0.29) is 0 Å². The average Bonchev–Trinajstić information content (AvgIpc) is 2.75. The van der Waals surface area contributed by atoms with Crippen LogP contribution in [0.3, 0.4) is 0 Å². The molecule has 1 saturated carbocycles. The van der Waals surface area contributed by atoms with Crippen LogP contribution in [0.1, 0.15) is 56.9 Å². The molecule has 2 nitrogen and oxygen atoms in total. The summed E-state index contributed by atoms with van der Waals surface area (Å²) >= 11 is 0. The van der Waals surface area contributed by atoms with E-state index in [1.807, 2.05) is 0 Å². The summed E-state index contributed by atoms with van der Waals surface area (Å²) in [5.41, 5.74) is 4.02. The molecule has 0 heterocycles. The summed E-state index contributed by atoms with van der Waals surface area (Å²) in [6.07, 6.45) is 11.9. The van der Waals surface area contributed by atoms with E-state index < -0.39 is 0 Å². The highest BCUT2D eigenvalue weighted by Crippen LogP contribution is 2.37. The second-order valence-electron chi connectivity index (χ2n) is 7.83. The van der Waals surface area contributed by atoms with Crippen molar-refractivity contribution in [3.8, 4) is 16.9 Å². The third-order valence-electron chi connectivity index (χ3n) is 5.82. The van der Waals surface area contributed by atoms with Crippen LogP contribution in [0.5, 0.6) is 5.75 Å². The van der Waals surface area contributed by atoms with Gasteiger partial charge in [-0.25, -0.2) is 0 Å². The smallest absolute Gasteiger partial charge is 0.119 e. The summed E-state index contributed by atoms with van der Waals surface area (Å²) in [5, 5.41) is 0. The zero-order valence-electron chi connectivity index (χ0n) is 17.4. The Bertz CT molecular complexity index is 707. The second-order valence-corrected chi connectivity index (χ2v) is 7.83. The van der Waals surface area contributed by atoms with Crippen molar-refractivity contribution in [2.75, 3.05) is 20.3 Å². The molecule has 0 N–H and O–H groups in total. The van der Waals surface area contributed by atoms with E-state index in [1.54, 1.807) is 7.11 Å². The molecule has 0 unspecified atom stereocenters. The second kappa shape index (κ2) is 11.1. The van der Waals surface area contributed by atoms with Crippen LogP contribution >= 0.6 is 0 Å². The highest BCUT2D eigenvalue weighted by molar-refractivity contribution is 5.64. The quantitative estimate of drug-likeness (QED) is 0.345. The third kappa shape index (κ3) is 5.97. The first kappa shape index (κ1) is 20.7. The lowest BCUT2D eigenvalue weighted by molar-refractivity contribution is 0.184. The van der Waals surface area contributed by atoms with Gasteiger partial charge in [-0.3, -0.25) is 0 Å². The molecule has 0 spiro atoms. The molecule has 0 atom stereocenters. The molecule has 3 rings (SSSR count). The summed E-state index contributed by atoms with van der Waals surface area (Å²) in [5.74, 6) is 2.46. The molecule has 1 aliphatic rings. The first-order valence-corrected chi connectivity index (χ1v) is 10.7. The predicted octanol–water partition coefficient (Wildman–Crippen LogP) is 7.01. The Morgan fingerprint density at radius 2 is 1.43 bits per heavy atom. The Morgan fingerprint density at radius 1 is 0.821 bits per heavy atom. The topological polar surface area (TPSA) is 18.5 Å². The molecule has 0 bridgehead atoms. The van der Waals surface area contributed by atoms with Gasteiger partial charge in [0.15, 0.2) is 0 Å². The van der Waals surface area contributed by atoms with Gasteiger partial charge in [0.2, 0.25) is 0 Å².